The Hall–Kier alpha value is -1.19. The molecular formula is C4H4N2O2. The molecule has 0 aromatic heterocycles. The minimum atomic E-state index is -0.498. The Morgan fingerprint density at radius 3 is 2.75 bits per heavy atom. The Labute approximate surface area is 45.9 Å². The number of nitrogens with zero attached hydrogens (tertiary/aromatic N) is 2. The molecule has 1 rings (SSSR count). The van der Waals surface area contributed by atoms with Crippen molar-refractivity contribution in [3.63, 3.8) is 0 Å². The normalized spacial score (nSPS) is 16.6. The van der Waals surface area contributed by atoms with E-state index in [1.165, 1.54) is 13.3 Å². The van der Waals surface area contributed by atoms with E-state index in [4.69, 9.17) is 0 Å². The molecule has 2 amide bonds. The zero-order valence-corrected chi connectivity index (χ0v) is 4.29. The van der Waals surface area contributed by atoms with Crippen molar-refractivity contribution in [2.24, 2.45) is 9.98 Å². The second-order valence-corrected chi connectivity index (χ2v) is 1.19. The Kier molecular flexibility index (Phi) is 1.07. The molecule has 0 aromatic carbocycles. The lowest BCUT2D eigenvalue weighted by Gasteiger charge is -1.86. The van der Waals surface area contributed by atoms with Crippen LogP contribution in [0.3, 0.4) is 0 Å². The molecule has 0 aliphatic carbocycles. The average molecular weight is 112 g/mol. The number of aliphatic imine (C=N–C) groups is 2. The van der Waals surface area contributed by atoms with Gasteiger partial charge in [-0.3, -0.25) is 0 Å². The van der Waals surface area contributed by atoms with Crippen molar-refractivity contribution in [2.45, 2.75) is 0 Å². The third-order valence-electron chi connectivity index (χ3n) is 0.700. The largest absolute Gasteiger partial charge is 0.480 e. The highest BCUT2D eigenvalue weighted by Crippen LogP contribution is 1.91. The lowest BCUT2D eigenvalue weighted by atomic mass is 10.7. The molecule has 8 heavy (non-hydrogen) atoms. The molecule has 0 bridgehead atoms. The number of ether oxygens (including phenoxy) is 1. The second-order valence-electron chi connectivity index (χ2n) is 1.19. The second kappa shape index (κ2) is 1.73. The monoisotopic (exact) mass is 112 g/mol. The van der Waals surface area contributed by atoms with Crippen LogP contribution in [0.4, 0.5) is 4.79 Å². The molecule has 0 aromatic rings. The van der Waals surface area contributed by atoms with Gasteiger partial charge in [0.25, 0.3) is 0 Å². The zero-order chi connectivity index (χ0) is 5.98. The van der Waals surface area contributed by atoms with Gasteiger partial charge in [-0.2, -0.15) is 9.98 Å². The molecule has 1 heterocycles. The summed E-state index contributed by atoms with van der Waals surface area (Å²) in [5, 5.41) is 0. The fourth-order valence-electron chi connectivity index (χ4n) is 0.361. The minimum Gasteiger partial charge on any atom is -0.480 e. The highest BCUT2D eigenvalue weighted by Gasteiger charge is 2.05. The van der Waals surface area contributed by atoms with E-state index < -0.39 is 6.03 Å². The standard InChI is InChI=1S/C4H4N2O2/c1-8-3-2-5-4(7)6-3/h2H,1H3. The predicted molar refractivity (Wildman–Crippen MR) is 28.3 cm³/mol. The van der Waals surface area contributed by atoms with Gasteiger partial charge in [0.05, 0.1) is 13.3 Å². The molecule has 4 heteroatoms. The first-order valence-corrected chi connectivity index (χ1v) is 2.03. The summed E-state index contributed by atoms with van der Waals surface area (Å²) >= 11 is 0. The number of hydrogen-bond donors (Lipinski definition) is 0. The van der Waals surface area contributed by atoms with Crippen molar-refractivity contribution in [1.82, 2.24) is 0 Å². The molecule has 0 saturated carbocycles. The van der Waals surface area contributed by atoms with Crippen molar-refractivity contribution in [2.75, 3.05) is 7.11 Å². The van der Waals surface area contributed by atoms with Crippen LogP contribution in [0.1, 0.15) is 0 Å². The van der Waals surface area contributed by atoms with Gasteiger partial charge in [-0.25, -0.2) is 4.79 Å². The first kappa shape index (κ1) is 4.96. The highest BCUT2D eigenvalue weighted by molar-refractivity contribution is 6.33. The van der Waals surface area contributed by atoms with Crippen LogP contribution in [0.5, 0.6) is 0 Å². The molecule has 0 fully saturated rings. The Balaban J connectivity index is 2.72. The number of rotatable bonds is 0. The van der Waals surface area contributed by atoms with Crippen LogP contribution in [0, 0.1) is 0 Å². The predicted octanol–water partition coefficient (Wildman–Crippen LogP) is 0.236. The third kappa shape index (κ3) is 0.726. The Bertz CT molecular complexity index is 171. The summed E-state index contributed by atoms with van der Waals surface area (Å²) in [7, 11) is 1.43. The molecule has 0 radical (unpaired) electrons. The average Bonchev–Trinajstić information content (AvgIpc) is 2.14. The highest BCUT2D eigenvalue weighted by atomic mass is 16.5. The maximum Gasteiger partial charge on any atom is 0.370 e. The maximum absolute atomic E-state index is 10.1. The summed E-state index contributed by atoms with van der Waals surface area (Å²) in [5.41, 5.74) is 0. The fourth-order valence-corrected chi connectivity index (χ4v) is 0.361. The number of carbonyl (C=O) groups excluding carboxylic acids is 1. The van der Waals surface area contributed by atoms with Gasteiger partial charge in [0.2, 0.25) is 5.90 Å². The van der Waals surface area contributed by atoms with Gasteiger partial charge >= 0.3 is 6.03 Å². The summed E-state index contributed by atoms with van der Waals surface area (Å²) in [4.78, 5) is 16.8. The molecule has 0 spiro atoms. The van der Waals surface area contributed by atoms with Crippen molar-refractivity contribution in [1.29, 1.82) is 0 Å². The van der Waals surface area contributed by atoms with E-state index in [1.54, 1.807) is 0 Å². The summed E-state index contributed by atoms with van der Waals surface area (Å²) in [6.45, 7) is 0. The van der Waals surface area contributed by atoms with E-state index in [2.05, 4.69) is 14.7 Å². The van der Waals surface area contributed by atoms with Crippen molar-refractivity contribution in [3.8, 4) is 0 Å². The number of hydrogen-bond acceptors (Lipinski definition) is 2. The van der Waals surface area contributed by atoms with Crippen LogP contribution in [-0.2, 0) is 4.74 Å². The van der Waals surface area contributed by atoms with Crippen LogP contribution in [0.25, 0.3) is 0 Å². The number of urea groups is 1. The number of amides is 2. The van der Waals surface area contributed by atoms with Gasteiger partial charge in [0, 0.05) is 0 Å². The zero-order valence-electron chi connectivity index (χ0n) is 4.29. The van der Waals surface area contributed by atoms with Crippen molar-refractivity contribution in [3.05, 3.63) is 0 Å². The molecule has 42 valence electrons. The lowest BCUT2D eigenvalue weighted by molar-refractivity contribution is 0.257. The Morgan fingerprint density at radius 2 is 2.50 bits per heavy atom. The molecule has 0 unspecified atom stereocenters. The van der Waals surface area contributed by atoms with E-state index in [-0.39, 0.29) is 5.90 Å². The van der Waals surface area contributed by atoms with Crippen molar-refractivity contribution >= 4 is 18.1 Å². The van der Waals surface area contributed by atoms with Gasteiger partial charge in [0.15, 0.2) is 0 Å². The van der Waals surface area contributed by atoms with E-state index in [1.807, 2.05) is 0 Å². The SMILES string of the molecule is COC1=NC(=O)N=C1. The van der Waals surface area contributed by atoms with E-state index in [0.29, 0.717) is 0 Å². The van der Waals surface area contributed by atoms with Crippen LogP contribution < -0.4 is 0 Å². The number of methoxy groups -OCH3 is 1. The van der Waals surface area contributed by atoms with Crippen LogP contribution in [0.2, 0.25) is 0 Å². The first-order valence-electron chi connectivity index (χ1n) is 2.03. The van der Waals surface area contributed by atoms with Gasteiger partial charge in [0.1, 0.15) is 0 Å². The quantitative estimate of drug-likeness (QED) is 0.450. The smallest absolute Gasteiger partial charge is 0.370 e. The third-order valence-corrected chi connectivity index (χ3v) is 0.700. The van der Waals surface area contributed by atoms with Crippen molar-refractivity contribution < 1.29 is 9.53 Å². The maximum atomic E-state index is 10.1. The molecule has 1 aliphatic rings. The summed E-state index contributed by atoms with van der Waals surface area (Å²) in [5.74, 6) is 0.273. The van der Waals surface area contributed by atoms with Gasteiger partial charge in [-0.05, 0) is 0 Å². The van der Waals surface area contributed by atoms with Crippen LogP contribution in [0.15, 0.2) is 9.98 Å². The molecule has 0 N–H and O–H groups in total. The topological polar surface area (TPSA) is 51.0 Å². The summed E-state index contributed by atoms with van der Waals surface area (Å²) < 4.78 is 4.56. The van der Waals surface area contributed by atoms with E-state index in [9.17, 15) is 4.79 Å². The van der Waals surface area contributed by atoms with Gasteiger partial charge < -0.3 is 4.74 Å². The van der Waals surface area contributed by atoms with Crippen LogP contribution in [-0.4, -0.2) is 25.3 Å². The summed E-state index contributed by atoms with van der Waals surface area (Å²) in [6.07, 6.45) is 1.28. The number of carbonyl (C=O) groups is 1. The Morgan fingerprint density at radius 1 is 1.75 bits per heavy atom. The lowest BCUT2D eigenvalue weighted by Crippen LogP contribution is -1.97. The van der Waals surface area contributed by atoms with E-state index >= 15 is 0 Å². The van der Waals surface area contributed by atoms with E-state index in [0.717, 1.165) is 0 Å². The van der Waals surface area contributed by atoms with Gasteiger partial charge in [-0.15, -0.1) is 0 Å². The fraction of sp³-hybridized carbons (Fsp3) is 0.250. The van der Waals surface area contributed by atoms with Gasteiger partial charge in [-0.1, -0.05) is 0 Å². The molecular weight excluding hydrogens is 108 g/mol. The first-order chi connectivity index (χ1) is 3.83. The molecule has 1 aliphatic heterocycles. The van der Waals surface area contributed by atoms with Crippen LogP contribution >= 0.6 is 0 Å². The molecule has 4 nitrogen and oxygen atoms in total. The summed E-state index contributed by atoms with van der Waals surface area (Å²) in [6, 6.07) is -0.498. The molecule has 0 atom stereocenters. The minimum absolute atomic E-state index is 0.273. The molecule has 0 saturated heterocycles.